The SMILES string of the molecule is Cc1cnc(CNC(=O)c2cc(Br)cnc2Cl)cn1. The van der Waals surface area contributed by atoms with Gasteiger partial charge in [-0.25, -0.2) is 4.98 Å². The standard InChI is InChI=1S/C12H10BrClN4O/c1-7-3-16-9(5-15-7)6-18-12(19)10-2-8(13)4-17-11(10)14/h2-5H,6H2,1H3,(H,18,19). The van der Waals surface area contributed by atoms with E-state index in [1.807, 2.05) is 6.92 Å². The van der Waals surface area contributed by atoms with Crippen LogP contribution in [-0.4, -0.2) is 20.9 Å². The zero-order valence-electron chi connectivity index (χ0n) is 10.0. The van der Waals surface area contributed by atoms with Gasteiger partial charge in [-0.2, -0.15) is 0 Å². The zero-order valence-corrected chi connectivity index (χ0v) is 12.4. The highest BCUT2D eigenvalue weighted by atomic mass is 79.9. The van der Waals surface area contributed by atoms with Crippen molar-refractivity contribution in [3.63, 3.8) is 0 Å². The summed E-state index contributed by atoms with van der Waals surface area (Å²) in [4.78, 5) is 24.1. The monoisotopic (exact) mass is 340 g/mol. The Balaban J connectivity index is 2.05. The summed E-state index contributed by atoms with van der Waals surface area (Å²) < 4.78 is 0.692. The highest BCUT2D eigenvalue weighted by molar-refractivity contribution is 9.10. The molecular formula is C12H10BrClN4O. The number of hydrogen-bond acceptors (Lipinski definition) is 4. The van der Waals surface area contributed by atoms with Crippen molar-refractivity contribution >= 4 is 33.4 Å². The molecule has 5 nitrogen and oxygen atoms in total. The van der Waals surface area contributed by atoms with Gasteiger partial charge in [0, 0.05) is 16.9 Å². The average Bonchev–Trinajstić information content (AvgIpc) is 2.40. The Morgan fingerprint density at radius 1 is 1.32 bits per heavy atom. The summed E-state index contributed by atoms with van der Waals surface area (Å²) in [5.74, 6) is -0.304. The Morgan fingerprint density at radius 3 is 2.79 bits per heavy atom. The molecular weight excluding hydrogens is 332 g/mol. The van der Waals surface area contributed by atoms with E-state index in [9.17, 15) is 4.79 Å². The molecule has 2 heterocycles. The van der Waals surface area contributed by atoms with Crippen molar-refractivity contribution in [3.05, 3.63) is 51.2 Å². The quantitative estimate of drug-likeness (QED) is 0.871. The van der Waals surface area contributed by atoms with E-state index in [2.05, 4.69) is 36.2 Å². The number of amides is 1. The van der Waals surface area contributed by atoms with Crippen LogP contribution in [0.4, 0.5) is 0 Å². The molecule has 0 radical (unpaired) electrons. The van der Waals surface area contributed by atoms with Crippen LogP contribution in [0.3, 0.4) is 0 Å². The van der Waals surface area contributed by atoms with Gasteiger partial charge >= 0.3 is 0 Å². The molecule has 0 atom stereocenters. The van der Waals surface area contributed by atoms with Gasteiger partial charge in [0.2, 0.25) is 0 Å². The predicted octanol–water partition coefficient (Wildman–Crippen LogP) is 2.53. The van der Waals surface area contributed by atoms with Crippen molar-refractivity contribution in [3.8, 4) is 0 Å². The minimum Gasteiger partial charge on any atom is -0.346 e. The predicted molar refractivity (Wildman–Crippen MR) is 74.9 cm³/mol. The van der Waals surface area contributed by atoms with Crippen LogP contribution in [-0.2, 0) is 6.54 Å². The average molecular weight is 342 g/mol. The van der Waals surface area contributed by atoms with Gasteiger partial charge in [0.05, 0.1) is 29.7 Å². The first-order valence-corrected chi connectivity index (χ1v) is 6.60. The Labute approximate surface area is 123 Å². The molecule has 0 aliphatic rings. The second kappa shape index (κ2) is 6.08. The van der Waals surface area contributed by atoms with Crippen molar-refractivity contribution in [2.24, 2.45) is 0 Å². The van der Waals surface area contributed by atoms with Gasteiger partial charge in [0.25, 0.3) is 5.91 Å². The molecule has 1 amide bonds. The molecule has 0 fully saturated rings. The van der Waals surface area contributed by atoms with E-state index in [0.29, 0.717) is 15.7 Å². The topological polar surface area (TPSA) is 67.8 Å². The molecule has 2 aromatic rings. The van der Waals surface area contributed by atoms with Gasteiger partial charge in [-0.1, -0.05) is 11.6 Å². The van der Waals surface area contributed by atoms with Gasteiger partial charge in [-0.3, -0.25) is 14.8 Å². The third kappa shape index (κ3) is 3.71. The third-order valence-electron chi connectivity index (χ3n) is 2.31. The number of hydrogen-bond donors (Lipinski definition) is 1. The molecule has 0 bridgehead atoms. The summed E-state index contributed by atoms with van der Waals surface area (Å²) in [5.41, 5.74) is 1.82. The Kier molecular flexibility index (Phi) is 4.44. The summed E-state index contributed by atoms with van der Waals surface area (Å²) in [6.07, 6.45) is 4.80. The summed E-state index contributed by atoms with van der Waals surface area (Å²) >= 11 is 9.12. The molecule has 2 aromatic heterocycles. The van der Waals surface area contributed by atoms with E-state index in [4.69, 9.17) is 11.6 Å². The van der Waals surface area contributed by atoms with Crippen molar-refractivity contribution in [2.75, 3.05) is 0 Å². The van der Waals surface area contributed by atoms with Crippen LogP contribution in [0.15, 0.2) is 29.1 Å². The number of carbonyl (C=O) groups excluding carboxylic acids is 1. The van der Waals surface area contributed by atoms with Gasteiger partial charge in [-0.15, -0.1) is 0 Å². The highest BCUT2D eigenvalue weighted by Gasteiger charge is 2.12. The molecule has 0 saturated heterocycles. The first-order chi connectivity index (χ1) is 9.06. The molecule has 0 aromatic carbocycles. The molecule has 7 heteroatoms. The summed E-state index contributed by atoms with van der Waals surface area (Å²) in [7, 11) is 0. The van der Waals surface area contributed by atoms with E-state index >= 15 is 0 Å². The van der Waals surface area contributed by atoms with E-state index in [1.54, 1.807) is 18.5 Å². The van der Waals surface area contributed by atoms with E-state index in [-0.39, 0.29) is 17.6 Å². The van der Waals surface area contributed by atoms with Crippen LogP contribution in [0.5, 0.6) is 0 Å². The number of aryl methyl sites for hydroxylation is 1. The number of aromatic nitrogens is 3. The molecule has 98 valence electrons. The second-order valence-corrected chi connectivity index (χ2v) is 5.10. The summed E-state index contributed by atoms with van der Waals surface area (Å²) in [6.45, 7) is 2.14. The fraction of sp³-hybridized carbons (Fsp3) is 0.167. The number of carbonyl (C=O) groups is 1. The minimum absolute atomic E-state index is 0.163. The number of pyridine rings is 1. The first-order valence-electron chi connectivity index (χ1n) is 5.43. The normalized spacial score (nSPS) is 10.3. The maximum Gasteiger partial charge on any atom is 0.254 e. The smallest absolute Gasteiger partial charge is 0.254 e. The fourth-order valence-corrected chi connectivity index (χ4v) is 1.88. The van der Waals surface area contributed by atoms with Crippen LogP contribution >= 0.6 is 27.5 Å². The van der Waals surface area contributed by atoms with Crippen molar-refractivity contribution in [1.82, 2.24) is 20.3 Å². The lowest BCUT2D eigenvalue weighted by atomic mass is 10.2. The molecule has 0 saturated carbocycles. The lowest BCUT2D eigenvalue weighted by Crippen LogP contribution is -2.24. The van der Waals surface area contributed by atoms with Crippen LogP contribution < -0.4 is 5.32 Å². The van der Waals surface area contributed by atoms with Crippen LogP contribution in [0.1, 0.15) is 21.7 Å². The maximum absolute atomic E-state index is 12.0. The van der Waals surface area contributed by atoms with Crippen LogP contribution in [0, 0.1) is 6.92 Å². The number of nitrogens with zero attached hydrogens (tertiary/aromatic N) is 3. The molecule has 0 aliphatic carbocycles. The van der Waals surface area contributed by atoms with E-state index in [0.717, 1.165) is 5.69 Å². The Hall–Kier alpha value is -1.53. The van der Waals surface area contributed by atoms with Crippen molar-refractivity contribution in [1.29, 1.82) is 0 Å². The molecule has 1 N–H and O–H groups in total. The molecule has 0 spiro atoms. The third-order valence-corrected chi connectivity index (χ3v) is 3.05. The fourth-order valence-electron chi connectivity index (χ4n) is 1.36. The summed E-state index contributed by atoms with van der Waals surface area (Å²) in [5, 5.41) is 2.88. The first kappa shape index (κ1) is 13.9. The molecule has 19 heavy (non-hydrogen) atoms. The molecule has 2 rings (SSSR count). The number of halogens is 2. The van der Waals surface area contributed by atoms with Gasteiger partial charge in [0.1, 0.15) is 5.15 Å². The van der Waals surface area contributed by atoms with E-state index in [1.165, 1.54) is 6.20 Å². The largest absolute Gasteiger partial charge is 0.346 e. The van der Waals surface area contributed by atoms with Crippen molar-refractivity contribution in [2.45, 2.75) is 13.5 Å². The van der Waals surface area contributed by atoms with Crippen LogP contribution in [0.25, 0.3) is 0 Å². The lowest BCUT2D eigenvalue weighted by molar-refractivity contribution is 0.0950. The number of rotatable bonds is 3. The summed E-state index contributed by atoms with van der Waals surface area (Å²) in [6, 6.07) is 1.62. The Morgan fingerprint density at radius 2 is 2.11 bits per heavy atom. The van der Waals surface area contributed by atoms with Crippen LogP contribution in [0.2, 0.25) is 5.15 Å². The second-order valence-electron chi connectivity index (χ2n) is 3.82. The maximum atomic E-state index is 12.0. The van der Waals surface area contributed by atoms with E-state index < -0.39 is 0 Å². The highest BCUT2D eigenvalue weighted by Crippen LogP contribution is 2.17. The Bertz CT molecular complexity index is 603. The zero-order chi connectivity index (χ0) is 13.8. The van der Waals surface area contributed by atoms with Crippen molar-refractivity contribution < 1.29 is 4.79 Å². The van der Waals surface area contributed by atoms with Gasteiger partial charge < -0.3 is 5.32 Å². The molecule has 0 aliphatic heterocycles. The lowest BCUT2D eigenvalue weighted by Gasteiger charge is -2.06. The minimum atomic E-state index is -0.304. The number of nitrogens with one attached hydrogen (secondary N) is 1. The van der Waals surface area contributed by atoms with Gasteiger partial charge in [-0.05, 0) is 28.9 Å². The van der Waals surface area contributed by atoms with Gasteiger partial charge in [0.15, 0.2) is 0 Å². The molecule has 0 unspecified atom stereocenters.